The molecule has 0 spiro atoms. The maximum absolute atomic E-state index is 13.6. The van der Waals surface area contributed by atoms with Crippen LogP contribution in [0.25, 0.3) is 0 Å². The Hall–Kier alpha value is -1.97. The molecule has 3 rings (SSSR count). The van der Waals surface area contributed by atoms with Gasteiger partial charge in [0.2, 0.25) is 5.91 Å². The Balaban J connectivity index is 1.66. The first kappa shape index (κ1) is 17.8. The number of nitriles is 1. The molecule has 0 radical (unpaired) electrons. The fraction of sp³-hybridized carbons (Fsp3) is 0.579. The molecular weight excluding hydrogens is 321 g/mol. The van der Waals surface area contributed by atoms with Crippen LogP contribution in [0, 0.1) is 29.0 Å². The van der Waals surface area contributed by atoms with E-state index in [9.17, 15) is 9.18 Å². The van der Waals surface area contributed by atoms with Gasteiger partial charge in [0, 0.05) is 33.7 Å². The summed E-state index contributed by atoms with van der Waals surface area (Å²) in [5, 5.41) is 12.0. The van der Waals surface area contributed by atoms with Gasteiger partial charge in [-0.1, -0.05) is 0 Å². The van der Waals surface area contributed by atoms with Gasteiger partial charge in [-0.2, -0.15) is 5.26 Å². The molecule has 134 valence electrons. The van der Waals surface area contributed by atoms with Crippen LogP contribution in [0.3, 0.4) is 0 Å². The maximum atomic E-state index is 13.6. The lowest BCUT2D eigenvalue weighted by Gasteiger charge is -2.37. The largest absolute Gasteiger partial charge is 0.379 e. The van der Waals surface area contributed by atoms with Gasteiger partial charge in [0.05, 0.1) is 23.8 Å². The molecule has 1 N–H and O–H groups in total. The van der Waals surface area contributed by atoms with Gasteiger partial charge in [0.15, 0.2) is 0 Å². The van der Waals surface area contributed by atoms with E-state index in [0.29, 0.717) is 23.9 Å². The molecule has 0 unspecified atom stereocenters. The number of benzene rings is 1. The van der Waals surface area contributed by atoms with Gasteiger partial charge in [0.1, 0.15) is 5.82 Å². The summed E-state index contributed by atoms with van der Waals surface area (Å²) < 4.78 is 19.2. The van der Waals surface area contributed by atoms with Crippen molar-refractivity contribution in [1.29, 1.82) is 5.26 Å². The minimum atomic E-state index is -0.365. The average Bonchev–Trinajstić information content (AvgIpc) is 2.93. The van der Waals surface area contributed by atoms with Gasteiger partial charge in [-0.3, -0.25) is 9.69 Å². The Morgan fingerprint density at radius 3 is 2.72 bits per heavy atom. The van der Waals surface area contributed by atoms with E-state index in [0.717, 1.165) is 31.5 Å². The third-order valence-corrected chi connectivity index (χ3v) is 5.38. The Morgan fingerprint density at radius 2 is 2.08 bits per heavy atom. The zero-order valence-corrected chi connectivity index (χ0v) is 14.7. The Bertz CT molecular complexity index is 688. The molecule has 6 heteroatoms. The Morgan fingerprint density at radius 1 is 1.36 bits per heavy atom. The number of carbonyl (C=O) groups excluding carboxylic acids is 1. The smallest absolute Gasteiger partial charge is 0.217 e. The number of carbonyl (C=O) groups is 1. The molecule has 1 aromatic rings. The van der Waals surface area contributed by atoms with Crippen molar-refractivity contribution < 1.29 is 13.9 Å². The molecule has 1 aliphatic carbocycles. The van der Waals surface area contributed by atoms with Crippen molar-refractivity contribution >= 4 is 5.91 Å². The van der Waals surface area contributed by atoms with Gasteiger partial charge in [-0.05, 0) is 48.4 Å². The van der Waals surface area contributed by atoms with Crippen LogP contribution in [0.15, 0.2) is 18.2 Å². The number of halogens is 1. The SMILES string of the molecule is CO[C@@H]1C[C@H]2CN(Cc3cc(F)cc(C#N)c3)C[C@H]2C[C@H]1NC(C)=O. The lowest BCUT2D eigenvalue weighted by molar-refractivity contribution is -0.121. The van der Waals surface area contributed by atoms with Crippen LogP contribution >= 0.6 is 0 Å². The number of hydrogen-bond acceptors (Lipinski definition) is 4. The van der Waals surface area contributed by atoms with Crippen LogP contribution in [0.4, 0.5) is 4.39 Å². The number of hydrogen-bond donors (Lipinski definition) is 1. The topological polar surface area (TPSA) is 65.4 Å². The highest BCUT2D eigenvalue weighted by molar-refractivity contribution is 5.73. The summed E-state index contributed by atoms with van der Waals surface area (Å²) in [6.07, 6.45) is 1.88. The van der Waals surface area contributed by atoms with Crippen molar-refractivity contribution in [2.75, 3.05) is 20.2 Å². The maximum Gasteiger partial charge on any atom is 0.217 e. The number of fused-ring (bicyclic) bond motifs is 1. The van der Waals surface area contributed by atoms with Crippen molar-refractivity contribution in [3.05, 3.63) is 35.1 Å². The summed E-state index contributed by atoms with van der Waals surface area (Å²) in [6.45, 7) is 4.05. The first-order valence-corrected chi connectivity index (χ1v) is 8.70. The number of nitrogens with zero attached hydrogens (tertiary/aromatic N) is 2. The van der Waals surface area contributed by atoms with E-state index in [2.05, 4.69) is 10.2 Å². The van der Waals surface area contributed by atoms with E-state index in [1.54, 1.807) is 13.2 Å². The summed E-state index contributed by atoms with van der Waals surface area (Å²) in [7, 11) is 1.70. The highest BCUT2D eigenvalue weighted by Gasteiger charge is 2.42. The van der Waals surface area contributed by atoms with E-state index in [4.69, 9.17) is 10.00 Å². The summed E-state index contributed by atoms with van der Waals surface area (Å²) in [6, 6.07) is 6.58. The van der Waals surface area contributed by atoms with Gasteiger partial charge >= 0.3 is 0 Å². The van der Waals surface area contributed by atoms with E-state index in [-0.39, 0.29) is 23.9 Å². The molecule has 4 atom stereocenters. The molecule has 2 aliphatic rings. The number of nitrogens with one attached hydrogen (secondary N) is 1. The van der Waals surface area contributed by atoms with Crippen molar-refractivity contribution in [2.45, 2.75) is 38.5 Å². The summed E-state index contributed by atoms with van der Waals surface area (Å²) in [5.74, 6) is 0.645. The zero-order valence-electron chi connectivity index (χ0n) is 14.7. The molecule has 1 heterocycles. The van der Waals surface area contributed by atoms with Gasteiger partial charge in [-0.15, -0.1) is 0 Å². The minimum Gasteiger partial charge on any atom is -0.379 e. The quantitative estimate of drug-likeness (QED) is 0.907. The predicted molar refractivity (Wildman–Crippen MR) is 91.0 cm³/mol. The molecule has 25 heavy (non-hydrogen) atoms. The zero-order chi connectivity index (χ0) is 18.0. The van der Waals surface area contributed by atoms with Crippen LogP contribution in [0.5, 0.6) is 0 Å². The molecule has 5 nitrogen and oxygen atoms in total. The molecule has 1 saturated heterocycles. The van der Waals surface area contributed by atoms with E-state index in [1.165, 1.54) is 19.1 Å². The Labute approximate surface area is 147 Å². The summed E-state index contributed by atoms with van der Waals surface area (Å²) >= 11 is 0. The molecular formula is C19H24FN3O2. The van der Waals surface area contributed by atoms with E-state index in [1.807, 2.05) is 6.07 Å². The Kier molecular flexibility index (Phi) is 5.36. The number of rotatable bonds is 4. The van der Waals surface area contributed by atoms with Crippen LogP contribution in [-0.4, -0.2) is 43.2 Å². The highest BCUT2D eigenvalue weighted by Crippen LogP contribution is 2.38. The van der Waals surface area contributed by atoms with Crippen LogP contribution in [-0.2, 0) is 16.1 Å². The van der Waals surface area contributed by atoms with Crippen molar-refractivity contribution in [3.8, 4) is 6.07 Å². The first-order valence-electron chi connectivity index (χ1n) is 8.70. The van der Waals surface area contributed by atoms with Gasteiger partial charge < -0.3 is 10.1 Å². The summed E-state index contributed by atoms with van der Waals surface area (Å²) in [4.78, 5) is 13.7. The van der Waals surface area contributed by atoms with Crippen molar-refractivity contribution in [1.82, 2.24) is 10.2 Å². The van der Waals surface area contributed by atoms with Crippen LogP contribution < -0.4 is 5.32 Å². The fourth-order valence-electron chi connectivity index (χ4n) is 4.38. The third-order valence-electron chi connectivity index (χ3n) is 5.38. The standard InChI is InChI=1S/C19H24FN3O2/c1-12(24)22-18-6-15-10-23(11-16(15)7-19(18)25-2)9-14-3-13(8-21)4-17(20)5-14/h3-5,15-16,18-19H,6-7,9-11H2,1-2H3,(H,22,24)/t15-,16+,18-,19-/m1/s1. The summed E-state index contributed by atoms with van der Waals surface area (Å²) in [5.41, 5.74) is 1.19. The minimum absolute atomic E-state index is 0.0239. The van der Waals surface area contributed by atoms with Crippen LogP contribution in [0.2, 0.25) is 0 Å². The van der Waals surface area contributed by atoms with E-state index >= 15 is 0 Å². The first-order chi connectivity index (χ1) is 12.0. The number of likely N-dealkylation sites (tertiary alicyclic amines) is 1. The molecule has 2 fully saturated rings. The lowest BCUT2D eigenvalue weighted by Crippen LogP contribution is -2.49. The van der Waals surface area contributed by atoms with E-state index < -0.39 is 0 Å². The van der Waals surface area contributed by atoms with Crippen molar-refractivity contribution in [2.24, 2.45) is 11.8 Å². The van der Waals surface area contributed by atoms with Gasteiger partial charge in [0.25, 0.3) is 0 Å². The number of methoxy groups -OCH3 is 1. The second-order valence-corrected chi connectivity index (χ2v) is 7.23. The average molecular weight is 345 g/mol. The third kappa shape index (κ3) is 4.17. The fourth-order valence-corrected chi connectivity index (χ4v) is 4.38. The second kappa shape index (κ2) is 7.51. The van der Waals surface area contributed by atoms with Crippen LogP contribution in [0.1, 0.15) is 30.9 Å². The molecule has 1 aliphatic heterocycles. The second-order valence-electron chi connectivity index (χ2n) is 7.23. The number of ether oxygens (including phenoxy) is 1. The number of amides is 1. The van der Waals surface area contributed by atoms with Crippen molar-refractivity contribution in [3.63, 3.8) is 0 Å². The van der Waals surface area contributed by atoms with Gasteiger partial charge in [-0.25, -0.2) is 4.39 Å². The molecule has 0 aromatic heterocycles. The lowest BCUT2D eigenvalue weighted by atomic mass is 9.77. The molecule has 1 aromatic carbocycles. The normalized spacial score (nSPS) is 29.0. The monoisotopic (exact) mass is 345 g/mol. The molecule has 1 saturated carbocycles. The predicted octanol–water partition coefficient (Wildman–Crippen LogP) is 2.06. The molecule has 1 amide bonds. The highest BCUT2D eigenvalue weighted by atomic mass is 19.1. The molecule has 0 bridgehead atoms.